The minimum absolute atomic E-state index is 0.118. The number of amides is 1. The molecular weight excluding hydrogens is 290 g/mol. The number of hydrogen-bond acceptors (Lipinski definition) is 5. The Kier molecular flexibility index (Phi) is 4.61. The highest BCUT2D eigenvalue weighted by Crippen LogP contribution is 2.22. The smallest absolute Gasteiger partial charge is 0.410 e. The topological polar surface area (TPSA) is 72.4 Å². The summed E-state index contributed by atoms with van der Waals surface area (Å²) in [6.07, 6.45) is 3.46. The fourth-order valence-electron chi connectivity index (χ4n) is 2.15. The molecule has 1 aromatic heterocycles. The summed E-state index contributed by atoms with van der Waals surface area (Å²) < 4.78 is 17.9. The molecule has 0 saturated carbocycles. The summed E-state index contributed by atoms with van der Waals surface area (Å²) in [7, 11) is -1.25. The van der Waals surface area contributed by atoms with Crippen LogP contribution in [-0.2, 0) is 15.5 Å². The van der Waals surface area contributed by atoms with Crippen molar-refractivity contribution in [3.8, 4) is 0 Å². The van der Waals surface area contributed by atoms with Gasteiger partial charge in [-0.2, -0.15) is 0 Å². The maximum atomic E-state index is 12.6. The molecule has 2 heterocycles. The van der Waals surface area contributed by atoms with Crippen molar-refractivity contribution in [3.63, 3.8) is 0 Å². The van der Waals surface area contributed by atoms with E-state index in [0.717, 1.165) is 0 Å². The summed E-state index contributed by atoms with van der Waals surface area (Å²) in [6, 6.07) is 0. The molecule has 1 amide bonds. The van der Waals surface area contributed by atoms with Crippen LogP contribution in [0.4, 0.5) is 4.79 Å². The lowest BCUT2D eigenvalue weighted by molar-refractivity contribution is 0.0295. The van der Waals surface area contributed by atoms with Crippen LogP contribution in [0.1, 0.15) is 32.9 Å². The number of carbonyl (C=O) groups is 1. The summed E-state index contributed by atoms with van der Waals surface area (Å²) in [6.45, 7) is 8.28. The third-order valence-electron chi connectivity index (χ3n) is 3.13. The van der Waals surface area contributed by atoms with Gasteiger partial charge in [0.1, 0.15) is 10.6 Å². The van der Waals surface area contributed by atoms with Crippen LogP contribution in [0.25, 0.3) is 0 Å². The molecule has 2 atom stereocenters. The average molecular weight is 311 g/mol. The minimum Gasteiger partial charge on any atom is -0.444 e. The molecule has 1 aliphatic heterocycles. The Hall–Kier alpha value is -1.50. The Morgan fingerprint density at radius 2 is 2.05 bits per heavy atom. The molecular formula is C14H21N3O3S. The Balaban J connectivity index is 2.01. The molecule has 2 rings (SSSR count). The number of aryl methyl sites for hydroxylation is 1. The highest BCUT2D eigenvalue weighted by molar-refractivity contribution is 7.85. The molecule has 0 N–H and O–H groups in total. The maximum absolute atomic E-state index is 12.6. The number of nitrogens with zero attached hydrogens (tertiary/aromatic N) is 3. The van der Waals surface area contributed by atoms with E-state index >= 15 is 0 Å². The molecule has 21 heavy (non-hydrogen) atoms. The zero-order valence-corrected chi connectivity index (χ0v) is 13.6. The first-order valence-corrected chi connectivity index (χ1v) is 8.15. The highest BCUT2D eigenvalue weighted by atomic mass is 32.2. The maximum Gasteiger partial charge on any atom is 0.410 e. The Morgan fingerprint density at radius 3 is 2.67 bits per heavy atom. The van der Waals surface area contributed by atoms with Gasteiger partial charge in [0, 0.05) is 25.5 Å². The predicted octanol–water partition coefficient (Wildman–Crippen LogP) is 1.90. The van der Waals surface area contributed by atoms with Gasteiger partial charge in [0.05, 0.1) is 21.7 Å². The van der Waals surface area contributed by atoms with Crippen LogP contribution < -0.4 is 0 Å². The van der Waals surface area contributed by atoms with E-state index in [1.165, 1.54) is 0 Å². The number of likely N-dealkylation sites (tertiary alicyclic amines) is 1. The molecule has 0 radical (unpaired) electrons. The zero-order valence-electron chi connectivity index (χ0n) is 12.8. The van der Waals surface area contributed by atoms with E-state index in [-0.39, 0.29) is 11.3 Å². The molecule has 0 spiro atoms. The van der Waals surface area contributed by atoms with E-state index in [1.807, 2.05) is 20.8 Å². The molecule has 0 unspecified atom stereocenters. The van der Waals surface area contributed by atoms with Gasteiger partial charge in [-0.1, -0.05) is 0 Å². The van der Waals surface area contributed by atoms with Crippen molar-refractivity contribution in [3.05, 3.63) is 18.1 Å². The van der Waals surface area contributed by atoms with Crippen molar-refractivity contribution in [1.82, 2.24) is 14.9 Å². The molecule has 7 heteroatoms. The lowest BCUT2D eigenvalue weighted by atomic mass is 10.2. The fourth-order valence-corrected chi connectivity index (χ4v) is 3.60. The molecule has 1 aromatic rings. The van der Waals surface area contributed by atoms with E-state index in [4.69, 9.17) is 4.74 Å². The minimum atomic E-state index is -1.25. The van der Waals surface area contributed by atoms with Gasteiger partial charge >= 0.3 is 6.09 Å². The molecule has 0 aliphatic carbocycles. The number of aromatic nitrogens is 2. The number of carbonyl (C=O) groups excluding carboxylic acids is 1. The Labute approximate surface area is 127 Å². The first kappa shape index (κ1) is 15.9. The van der Waals surface area contributed by atoms with Gasteiger partial charge < -0.3 is 9.64 Å². The zero-order chi connectivity index (χ0) is 15.6. The van der Waals surface area contributed by atoms with Gasteiger partial charge in [0.2, 0.25) is 0 Å². The monoisotopic (exact) mass is 311 g/mol. The summed E-state index contributed by atoms with van der Waals surface area (Å²) >= 11 is 0. The first-order chi connectivity index (χ1) is 9.78. The van der Waals surface area contributed by atoms with Crippen LogP contribution in [0.2, 0.25) is 0 Å². The molecule has 6 nitrogen and oxygen atoms in total. The molecule has 0 bridgehead atoms. The third-order valence-corrected chi connectivity index (χ3v) is 4.90. The van der Waals surface area contributed by atoms with E-state index in [1.54, 1.807) is 24.2 Å². The van der Waals surface area contributed by atoms with Crippen molar-refractivity contribution < 1.29 is 13.7 Å². The summed E-state index contributed by atoms with van der Waals surface area (Å²) in [5.74, 6) is 0. The normalized spacial score (nSPS) is 20.4. The van der Waals surface area contributed by atoms with Gasteiger partial charge in [-0.05, 0) is 34.1 Å². The van der Waals surface area contributed by atoms with E-state index in [0.29, 0.717) is 30.2 Å². The van der Waals surface area contributed by atoms with Crippen molar-refractivity contribution in [1.29, 1.82) is 0 Å². The number of hydrogen-bond donors (Lipinski definition) is 0. The van der Waals surface area contributed by atoms with Crippen LogP contribution in [0.15, 0.2) is 17.4 Å². The van der Waals surface area contributed by atoms with Gasteiger partial charge in [-0.15, -0.1) is 0 Å². The van der Waals surface area contributed by atoms with Gasteiger partial charge in [-0.3, -0.25) is 9.19 Å². The van der Waals surface area contributed by atoms with E-state index in [9.17, 15) is 9.00 Å². The van der Waals surface area contributed by atoms with Crippen molar-refractivity contribution >= 4 is 16.9 Å². The van der Waals surface area contributed by atoms with Crippen molar-refractivity contribution in [2.45, 2.75) is 50.0 Å². The largest absolute Gasteiger partial charge is 0.444 e. The van der Waals surface area contributed by atoms with Gasteiger partial charge in [0.25, 0.3) is 0 Å². The lowest BCUT2D eigenvalue weighted by Gasteiger charge is -2.24. The molecule has 0 aromatic carbocycles. The SMILES string of the molecule is Cc1nccnc1[S@@](=O)[C@H]1CCN(C(=O)OC(C)(C)C)C1. The number of ether oxygens (including phenoxy) is 1. The molecule has 1 saturated heterocycles. The standard InChI is InChI=1S/C14H21N3O3S/c1-10-12(16-7-6-15-10)21(19)11-5-8-17(9-11)13(18)20-14(2,3)4/h6-7,11H,5,8-9H2,1-4H3/t11-,21-/m0/s1. The Bertz CT molecular complexity index is 557. The summed E-state index contributed by atoms with van der Waals surface area (Å²) in [5, 5.41) is 0.390. The third kappa shape index (κ3) is 4.00. The van der Waals surface area contributed by atoms with Gasteiger partial charge in [0.15, 0.2) is 0 Å². The molecule has 116 valence electrons. The van der Waals surface area contributed by atoms with E-state index < -0.39 is 16.4 Å². The highest BCUT2D eigenvalue weighted by Gasteiger charge is 2.34. The van der Waals surface area contributed by atoms with Crippen LogP contribution in [0, 0.1) is 6.92 Å². The molecule has 1 fully saturated rings. The second kappa shape index (κ2) is 6.09. The molecule has 1 aliphatic rings. The van der Waals surface area contributed by atoms with Crippen LogP contribution in [0.3, 0.4) is 0 Å². The summed E-state index contributed by atoms with van der Waals surface area (Å²) in [4.78, 5) is 21.9. The van der Waals surface area contributed by atoms with Crippen LogP contribution in [-0.4, -0.2) is 49.1 Å². The van der Waals surface area contributed by atoms with Crippen LogP contribution >= 0.6 is 0 Å². The van der Waals surface area contributed by atoms with Crippen LogP contribution in [0.5, 0.6) is 0 Å². The van der Waals surface area contributed by atoms with Crippen molar-refractivity contribution in [2.24, 2.45) is 0 Å². The van der Waals surface area contributed by atoms with E-state index in [2.05, 4.69) is 9.97 Å². The van der Waals surface area contributed by atoms with Gasteiger partial charge in [-0.25, -0.2) is 9.78 Å². The second-order valence-corrected chi connectivity index (χ2v) is 7.73. The van der Waals surface area contributed by atoms with Crippen molar-refractivity contribution in [2.75, 3.05) is 13.1 Å². The lowest BCUT2D eigenvalue weighted by Crippen LogP contribution is -2.36. The fraction of sp³-hybridized carbons (Fsp3) is 0.643. The summed E-state index contributed by atoms with van der Waals surface area (Å²) in [5.41, 5.74) is 0.155. The number of rotatable bonds is 2. The predicted molar refractivity (Wildman–Crippen MR) is 79.4 cm³/mol. The average Bonchev–Trinajstić information content (AvgIpc) is 2.86. The second-order valence-electron chi connectivity index (χ2n) is 6.08. The first-order valence-electron chi connectivity index (χ1n) is 6.94. The Morgan fingerprint density at radius 1 is 1.38 bits per heavy atom. The quantitative estimate of drug-likeness (QED) is 0.834.